The first-order valence-electron chi connectivity index (χ1n) is 7.49. The van der Waals surface area contributed by atoms with Gasteiger partial charge in [0.15, 0.2) is 11.5 Å². The number of rotatable bonds is 7. The number of primary amides is 1. The summed E-state index contributed by atoms with van der Waals surface area (Å²) in [6, 6.07) is 12.2. The van der Waals surface area contributed by atoms with Gasteiger partial charge in [0.1, 0.15) is 5.75 Å². The second-order valence-electron chi connectivity index (χ2n) is 5.25. The van der Waals surface area contributed by atoms with Gasteiger partial charge in [-0.15, -0.1) is 0 Å². The van der Waals surface area contributed by atoms with Crippen LogP contribution in [0.5, 0.6) is 17.2 Å². The number of phenols is 1. The molecule has 0 fully saturated rings. The Morgan fingerprint density at radius 2 is 1.86 bits per heavy atom. The van der Waals surface area contributed by atoms with Crippen molar-refractivity contribution in [1.82, 2.24) is 0 Å². The number of nitrogens with two attached hydrogens (primary N) is 1. The summed E-state index contributed by atoms with van der Waals surface area (Å²) in [6.07, 6.45) is 4.69. The van der Waals surface area contributed by atoms with Gasteiger partial charge in [-0.3, -0.25) is 4.79 Å². The van der Waals surface area contributed by atoms with Crippen molar-refractivity contribution in [1.29, 1.82) is 0 Å². The summed E-state index contributed by atoms with van der Waals surface area (Å²) < 4.78 is 5.62. The summed E-state index contributed by atoms with van der Waals surface area (Å²) in [7, 11) is 0. The summed E-state index contributed by atoms with van der Waals surface area (Å²) in [4.78, 5) is 11.0. The minimum atomic E-state index is -0.585. The molecule has 0 radical (unpaired) electrons. The van der Waals surface area contributed by atoms with Gasteiger partial charge in [-0.2, -0.15) is 0 Å². The molecule has 4 nitrogen and oxygen atoms in total. The van der Waals surface area contributed by atoms with Gasteiger partial charge in [0.05, 0.1) is 0 Å². The second-order valence-corrected chi connectivity index (χ2v) is 5.25. The van der Waals surface area contributed by atoms with Crippen LogP contribution in [-0.2, 0) is 6.42 Å². The van der Waals surface area contributed by atoms with Crippen molar-refractivity contribution < 1.29 is 14.6 Å². The van der Waals surface area contributed by atoms with E-state index in [2.05, 4.69) is 6.92 Å². The van der Waals surface area contributed by atoms with Crippen molar-refractivity contribution >= 4 is 5.91 Å². The molecule has 0 aliphatic carbocycles. The Balaban J connectivity index is 2.03. The van der Waals surface area contributed by atoms with Crippen LogP contribution in [0.3, 0.4) is 0 Å². The van der Waals surface area contributed by atoms with Crippen LogP contribution in [0.25, 0.3) is 0 Å². The zero-order chi connectivity index (χ0) is 15.9. The highest BCUT2D eigenvalue weighted by Gasteiger charge is 2.08. The van der Waals surface area contributed by atoms with Crippen molar-refractivity contribution in [2.45, 2.75) is 32.6 Å². The fourth-order valence-corrected chi connectivity index (χ4v) is 2.19. The third kappa shape index (κ3) is 4.25. The van der Waals surface area contributed by atoms with Gasteiger partial charge in [0.2, 0.25) is 5.91 Å². The van der Waals surface area contributed by atoms with Crippen molar-refractivity contribution in [3.05, 3.63) is 53.6 Å². The molecule has 116 valence electrons. The van der Waals surface area contributed by atoms with Crippen LogP contribution in [0.15, 0.2) is 42.5 Å². The molecule has 0 saturated heterocycles. The zero-order valence-electron chi connectivity index (χ0n) is 12.7. The molecule has 0 aromatic heterocycles. The predicted molar refractivity (Wildman–Crippen MR) is 86.4 cm³/mol. The highest BCUT2D eigenvalue weighted by atomic mass is 16.5. The van der Waals surface area contributed by atoms with Gasteiger partial charge in [-0.25, -0.2) is 0 Å². The SMILES string of the molecule is CCCCCc1ccc(Oc2ccc(C(N)=O)cc2O)cc1. The fourth-order valence-electron chi connectivity index (χ4n) is 2.19. The van der Waals surface area contributed by atoms with Crippen molar-refractivity contribution in [2.75, 3.05) is 0 Å². The van der Waals surface area contributed by atoms with Crippen LogP contribution in [0.4, 0.5) is 0 Å². The van der Waals surface area contributed by atoms with E-state index in [4.69, 9.17) is 10.5 Å². The van der Waals surface area contributed by atoms with E-state index in [1.807, 2.05) is 24.3 Å². The van der Waals surface area contributed by atoms with E-state index in [1.165, 1.54) is 43.0 Å². The van der Waals surface area contributed by atoms with E-state index in [0.717, 1.165) is 6.42 Å². The zero-order valence-corrected chi connectivity index (χ0v) is 12.7. The molecule has 0 saturated carbocycles. The number of unbranched alkanes of at least 4 members (excludes halogenated alkanes) is 2. The molecular formula is C18H21NO3. The third-order valence-corrected chi connectivity index (χ3v) is 3.46. The fraction of sp³-hybridized carbons (Fsp3) is 0.278. The molecule has 0 heterocycles. The molecule has 2 aromatic rings. The Hall–Kier alpha value is -2.49. The summed E-state index contributed by atoms with van der Waals surface area (Å²) in [5.41, 5.74) is 6.68. The molecule has 3 N–H and O–H groups in total. The number of aromatic hydroxyl groups is 1. The molecule has 0 unspecified atom stereocenters. The van der Waals surface area contributed by atoms with Gasteiger partial charge in [-0.1, -0.05) is 31.9 Å². The Kier molecular flexibility index (Phi) is 5.42. The molecule has 4 heteroatoms. The molecule has 2 aromatic carbocycles. The van der Waals surface area contributed by atoms with Gasteiger partial charge < -0.3 is 15.6 Å². The van der Waals surface area contributed by atoms with Crippen LogP contribution in [0, 0.1) is 0 Å². The average molecular weight is 299 g/mol. The maximum absolute atomic E-state index is 11.0. The molecule has 0 spiro atoms. The Morgan fingerprint density at radius 3 is 2.45 bits per heavy atom. The molecule has 1 amide bonds. The maximum atomic E-state index is 11.0. The number of hydrogen-bond donors (Lipinski definition) is 2. The van der Waals surface area contributed by atoms with E-state index < -0.39 is 5.91 Å². The monoisotopic (exact) mass is 299 g/mol. The number of ether oxygens (including phenoxy) is 1. The lowest BCUT2D eigenvalue weighted by atomic mass is 10.1. The summed E-state index contributed by atoms with van der Waals surface area (Å²) >= 11 is 0. The highest BCUT2D eigenvalue weighted by Crippen LogP contribution is 2.31. The van der Waals surface area contributed by atoms with E-state index in [9.17, 15) is 9.90 Å². The van der Waals surface area contributed by atoms with Crippen LogP contribution >= 0.6 is 0 Å². The summed E-state index contributed by atoms with van der Waals surface area (Å²) in [5.74, 6) is 0.242. The lowest BCUT2D eigenvalue weighted by molar-refractivity contribution is 0.1000. The van der Waals surface area contributed by atoms with Gasteiger partial charge in [-0.05, 0) is 48.7 Å². The summed E-state index contributed by atoms with van der Waals surface area (Å²) in [5, 5.41) is 9.87. The Bertz CT molecular complexity index is 635. The number of carbonyl (C=O) groups excluding carboxylic acids is 1. The van der Waals surface area contributed by atoms with Gasteiger partial charge >= 0.3 is 0 Å². The number of aryl methyl sites for hydroxylation is 1. The van der Waals surface area contributed by atoms with Crippen molar-refractivity contribution in [3.63, 3.8) is 0 Å². The van der Waals surface area contributed by atoms with Crippen LogP contribution < -0.4 is 10.5 Å². The molecule has 22 heavy (non-hydrogen) atoms. The molecule has 0 aliphatic heterocycles. The van der Waals surface area contributed by atoms with Gasteiger partial charge in [0.25, 0.3) is 0 Å². The first-order chi connectivity index (χ1) is 10.6. The highest BCUT2D eigenvalue weighted by molar-refractivity contribution is 5.93. The number of amides is 1. The maximum Gasteiger partial charge on any atom is 0.248 e. The standard InChI is InChI=1S/C18H21NO3/c1-2-3-4-5-13-6-9-15(10-7-13)22-17-11-8-14(18(19)21)12-16(17)20/h6-12,20H,2-5H2,1H3,(H2,19,21). The Labute approximate surface area is 130 Å². The van der Waals surface area contributed by atoms with Gasteiger partial charge in [0, 0.05) is 5.56 Å². The van der Waals surface area contributed by atoms with E-state index in [1.54, 1.807) is 0 Å². The second kappa shape index (κ2) is 7.50. The van der Waals surface area contributed by atoms with Crippen LogP contribution in [-0.4, -0.2) is 11.0 Å². The molecule has 0 bridgehead atoms. The van der Waals surface area contributed by atoms with E-state index >= 15 is 0 Å². The van der Waals surface area contributed by atoms with E-state index in [-0.39, 0.29) is 11.3 Å². The number of carbonyl (C=O) groups is 1. The molecule has 0 aliphatic rings. The molecule has 2 rings (SSSR count). The largest absolute Gasteiger partial charge is 0.504 e. The first kappa shape index (κ1) is 15.9. The lowest BCUT2D eigenvalue weighted by Crippen LogP contribution is -2.10. The number of hydrogen-bond acceptors (Lipinski definition) is 3. The molecule has 0 atom stereocenters. The number of phenolic OH excluding ortho intramolecular Hbond substituents is 1. The topological polar surface area (TPSA) is 72.5 Å². The van der Waals surface area contributed by atoms with Crippen molar-refractivity contribution in [2.24, 2.45) is 5.73 Å². The van der Waals surface area contributed by atoms with Crippen molar-refractivity contribution in [3.8, 4) is 17.2 Å². The van der Waals surface area contributed by atoms with E-state index in [0.29, 0.717) is 11.5 Å². The Morgan fingerprint density at radius 1 is 1.14 bits per heavy atom. The summed E-state index contributed by atoms with van der Waals surface area (Å²) in [6.45, 7) is 2.19. The quantitative estimate of drug-likeness (QED) is 0.758. The van der Waals surface area contributed by atoms with Crippen LogP contribution in [0.2, 0.25) is 0 Å². The average Bonchev–Trinajstić information content (AvgIpc) is 2.51. The lowest BCUT2D eigenvalue weighted by Gasteiger charge is -2.09. The van der Waals surface area contributed by atoms with Crippen LogP contribution in [0.1, 0.15) is 42.1 Å². The minimum Gasteiger partial charge on any atom is -0.504 e. The normalized spacial score (nSPS) is 10.4. The third-order valence-electron chi connectivity index (χ3n) is 3.46. The predicted octanol–water partition coefficient (Wildman–Crippen LogP) is 4.02. The number of benzene rings is 2. The molecular weight excluding hydrogens is 278 g/mol. The smallest absolute Gasteiger partial charge is 0.248 e. The minimum absolute atomic E-state index is 0.108. The first-order valence-corrected chi connectivity index (χ1v) is 7.49.